The first-order valence-corrected chi connectivity index (χ1v) is 8.61. The van der Waals surface area contributed by atoms with Gasteiger partial charge in [0.25, 0.3) is 0 Å². The third-order valence-electron chi connectivity index (χ3n) is 4.00. The summed E-state index contributed by atoms with van der Waals surface area (Å²) in [6, 6.07) is 8.10. The Balaban J connectivity index is 0.00000312. The van der Waals surface area contributed by atoms with Crippen molar-refractivity contribution in [2.24, 2.45) is 10.7 Å². The van der Waals surface area contributed by atoms with Crippen molar-refractivity contribution in [1.82, 2.24) is 10.2 Å². The summed E-state index contributed by atoms with van der Waals surface area (Å²) in [6.07, 6.45) is 0. The van der Waals surface area contributed by atoms with Crippen molar-refractivity contribution < 1.29 is 9.47 Å². The van der Waals surface area contributed by atoms with Crippen molar-refractivity contribution in [3.63, 3.8) is 0 Å². The molecule has 0 aromatic heterocycles. The standard InChI is InChI=1S/C17H27ClN4O2.HI/c1-13(12-23-2)21-17(19)20-11-16(22-7-9-24-10-8-22)14-5-3-4-6-15(14)18;/h3-6,13,16H,7-12H2,1-2H3,(H3,19,20,21);1H. The van der Waals surface area contributed by atoms with E-state index in [9.17, 15) is 0 Å². The minimum atomic E-state index is 0. The van der Waals surface area contributed by atoms with Gasteiger partial charge in [-0.25, -0.2) is 0 Å². The number of guanidine groups is 1. The lowest BCUT2D eigenvalue weighted by Crippen LogP contribution is -2.43. The van der Waals surface area contributed by atoms with Crippen LogP contribution in [0.2, 0.25) is 5.02 Å². The zero-order valence-electron chi connectivity index (χ0n) is 14.8. The van der Waals surface area contributed by atoms with Gasteiger partial charge in [0, 0.05) is 31.3 Å². The number of methoxy groups -OCH3 is 1. The Hall–Kier alpha value is -0.610. The van der Waals surface area contributed by atoms with Crippen LogP contribution < -0.4 is 11.1 Å². The molecular weight excluding hydrogens is 455 g/mol. The van der Waals surface area contributed by atoms with Gasteiger partial charge in [-0.1, -0.05) is 29.8 Å². The number of benzene rings is 1. The highest BCUT2D eigenvalue weighted by Crippen LogP contribution is 2.28. The molecule has 1 heterocycles. The van der Waals surface area contributed by atoms with E-state index in [1.54, 1.807) is 7.11 Å². The molecule has 1 fully saturated rings. The summed E-state index contributed by atoms with van der Waals surface area (Å²) >= 11 is 6.41. The van der Waals surface area contributed by atoms with Crippen molar-refractivity contribution in [3.8, 4) is 0 Å². The maximum absolute atomic E-state index is 6.41. The average Bonchev–Trinajstić information content (AvgIpc) is 2.57. The van der Waals surface area contributed by atoms with Gasteiger partial charge in [0.05, 0.1) is 32.4 Å². The molecule has 0 spiro atoms. The van der Waals surface area contributed by atoms with Crippen LogP contribution in [-0.4, -0.2) is 63.5 Å². The van der Waals surface area contributed by atoms with Crippen molar-refractivity contribution in [2.75, 3.05) is 46.6 Å². The molecule has 142 valence electrons. The van der Waals surface area contributed by atoms with Crippen LogP contribution in [0.25, 0.3) is 0 Å². The van der Waals surface area contributed by atoms with E-state index in [4.69, 9.17) is 26.8 Å². The van der Waals surface area contributed by atoms with Gasteiger partial charge in [0.15, 0.2) is 5.96 Å². The molecule has 1 aliphatic heterocycles. The summed E-state index contributed by atoms with van der Waals surface area (Å²) in [5.41, 5.74) is 7.08. The lowest BCUT2D eigenvalue weighted by Gasteiger charge is -2.34. The molecule has 1 aliphatic rings. The Bertz CT molecular complexity index is 541. The number of nitrogens with zero attached hydrogens (tertiary/aromatic N) is 2. The number of nitrogens with two attached hydrogens (primary N) is 1. The maximum atomic E-state index is 6.41. The first kappa shape index (κ1) is 22.4. The summed E-state index contributed by atoms with van der Waals surface area (Å²) in [6.45, 7) is 6.29. The van der Waals surface area contributed by atoms with Gasteiger partial charge in [0.1, 0.15) is 0 Å². The fourth-order valence-electron chi connectivity index (χ4n) is 2.82. The zero-order valence-corrected chi connectivity index (χ0v) is 17.9. The number of rotatable bonds is 7. The highest BCUT2D eigenvalue weighted by molar-refractivity contribution is 14.0. The van der Waals surface area contributed by atoms with E-state index in [0.29, 0.717) is 19.1 Å². The van der Waals surface area contributed by atoms with E-state index < -0.39 is 0 Å². The van der Waals surface area contributed by atoms with Crippen LogP contribution in [0.4, 0.5) is 0 Å². The summed E-state index contributed by atoms with van der Waals surface area (Å²) in [4.78, 5) is 6.87. The average molecular weight is 483 g/mol. The molecule has 2 atom stereocenters. The van der Waals surface area contributed by atoms with Crippen LogP contribution in [-0.2, 0) is 9.47 Å². The van der Waals surface area contributed by atoms with Crippen LogP contribution >= 0.6 is 35.6 Å². The minimum Gasteiger partial charge on any atom is -0.383 e. The van der Waals surface area contributed by atoms with Gasteiger partial charge in [-0.15, -0.1) is 24.0 Å². The number of halogens is 2. The molecule has 0 radical (unpaired) electrons. The molecule has 0 aliphatic carbocycles. The first-order chi connectivity index (χ1) is 11.6. The first-order valence-electron chi connectivity index (χ1n) is 8.23. The van der Waals surface area contributed by atoms with Gasteiger partial charge < -0.3 is 20.5 Å². The Kier molecular flexibility index (Phi) is 10.7. The molecule has 25 heavy (non-hydrogen) atoms. The van der Waals surface area contributed by atoms with Crippen LogP contribution in [0.1, 0.15) is 18.5 Å². The highest BCUT2D eigenvalue weighted by atomic mass is 127. The zero-order chi connectivity index (χ0) is 17.4. The Morgan fingerprint density at radius 1 is 1.40 bits per heavy atom. The van der Waals surface area contributed by atoms with Crippen LogP contribution in [0.3, 0.4) is 0 Å². The van der Waals surface area contributed by atoms with E-state index in [1.165, 1.54) is 0 Å². The summed E-state index contributed by atoms with van der Waals surface area (Å²) < 4.78 is 10.6. The van der Waals surface area contributed by atoms with Crippen LogP contribution in [0, 0.1) is 0 Å². The second-order valence-corrected chi connectivity index (χ2v) is 6.32. The second-order valence-electron chi connectivity index (χ2n) is 5.91. The Labute approximate surface area is 172 Å². The predicted octanol–water partition coefficient (Wildman–Crippen LogP) is 2.27. The number of nitrogens with one attached hydrogen (secondary N) is 1. The number of hydrogen-bond donors (Lipinski definition) is 2. The monoisotopic (exact) mass is 482 g/mol. The fourth-order valence-corrected chi connectivity index (χ4v) is 3.08. The Morgan fingerprint density at radius 3 is 2.72 bits per heavy atom. The van der Waals surface area contributed by atoms with Crippen molar-refractivity contribution in [3.05, 3.63) is 34.9 Å². The molecule has 1 saturated heterocycles. The number of aliphatic imine (C=N–C) groups is 1. The SMILES string of the molecule is COCC(C)NC(N)=NCC(c1ccccc1Cl)N1CCOCC1.I. The van der Waals surface area contributed by atoms with Gasteiger partial charge >= 0.3 is 0 Å². The number of morpholine rings is 1. The molecule has 3 N–H and O–H groups in total. The second kappa shape index (κ2) is 11.9. The summed E-state index contributed by atoms with van der Waals surface area (Å²) in [5.74, 6) is 0.421. The van der Waals surface area contributed by atoms with Crippen LogP contribution in [0.5, 0.6) is 0 Å². The highest BCUT2D eigenvalue weighted by Gasteiger charge is 2.24. The maximum Gasteiger partial charge on any atom is 0.188 e. The fraction of sp³-hybridized carbons (Fsp3) is 0.588. The number of ether oxygens (including phenoxy) is 2. The van der Waals surface area contributed by atoms with Gasteiger partial charge in [-0.2, -0.15) is 0 Å². The van der Waals surface area contributed by atoms with E-state index in [1.807, 2.05) is 25.1 Å². The van der Waals surface area contributed by atoms with E-state index in [2.05, 4.69) is 21.3 Å². The number of hydrogen-bond acceptors (Lipinski definition) is 4. The third kappa shape index (κ3) is 7.26. The van der Waals surface area contributed by atoms with Gasteiger partial charge in [0.2, 0.25) is 0 Å². The van der Waals surface area contributed by atoms with Crippen LogP contribution in [0.15, 0.2) is 29.3 Å². The normalized spacial score (nSPS) is 18.3. The topological polar surface area (TPSA) is 72.1 Å². The lowest BCUT2D eigenvalue weighted by molar-refractivity contribution is 0.0180. The molecule has 1 aromatic rings. The minimum absolute atomic E-state index is 0. The molecule has 8 heteroatoms. The predicted molar refractivity (Wildman–Crippen MR) is 113 cm³/mol. The van der Waals surface area contributed by atoms with Crippen molar-refractivity contribution in [1.29, 1.82) is 0 Å². The molecule has 2 rings (SSSR count). The molecule has 2 unspecified atom stereocenters. The van der Waals surface area contributed by atoms with E-state index >= 15 is 0 Å². The molecule has 0 saturated carbocycles. The van der Waals surface area contributed by atoms with Gasteiger partial charge in [-0.05, 0) is 18.6 Å². The lowest BCUT2D eigenvalue weighted by atomic mass is 10.0. The largest absolute Gasteiger partial charge is 0.383 e. The van der Waals surface area contributed by atoms with Crippen molar-refractivity contribution >= 4 is 41.5 Å². The van der Waals surface area contributed by atoms with E-state index in [-0.39, 0.29) is 36.1 Å². The third-order valence-corrected chi connectivity index (χ3v) is 4.34. The molecule has 0 amide bonds. The molecule has 1 aromatic carbocycles. The van der Waals surface area contributed by atoms with Crippen molar-refractivity contribution in [2.45, 2.75) is 19.0 Å². The summed E-state index contributed by atoms with van der Waals surface area (Å²) in [7, 11) is 1.66. The smallest absolute Gasteiger partial charge is 0.188 e. The summed E-state index contributed by atoms with van der Waals surface area (Å²) in [5, 5.41) is 3.88. The molecular formula is C17H28ClIN4O2. The molecule has 6 nitrogen and oxygen atoms in total. The quantitative estimate of drug-likeness (QED) is 0.354. The van der Waals surface area contributed by atoms with E-state index in [0.717, 1.165) is 36.9 Å². The van der Waals surface area contributed by atoms with Gasteiger partial charge in [-0.3, -0.25) is 9.89 Å². The Morgan fingerprint density at radius 2 is 2.08 bits per heavy atom. The molecule has 0 bridgehead atoms.